The van der Waals surface area contributed by atoms with Gasteiger partial charge in [0.15, 0.2) is 5.82 Å². The van der Waals surface area contributed by atoms with E-state index < -0.39 is 0 Å². The zero-order chi connectivity index (χ0) is 18.4. The van der Waals surface area contributed by atoms with Crippen LogP contribution in [-0.2, 0) is 18.7 Å². The summed E-state index contributed by atoms with van der Waals surface area (Å²) >= 11 is 1.87. The van der Waals surface area contributed by atoms with Crippen LogP contribution in [0.1, 0.15) is 17.0 Å². The maximum Gasteiger partial charge on any atom is 0.267 e. The summed E-state index contributed by atoms with van der Waals surface area (Å²) in [7, 11) is 0. The highest BCUT2D eigenvalue weighted by molar-refractivity contribution is 7.98. The Hall–Kier alpha value is -2.41. The molecule has 0 radical (unpaired) electrons. The standard InChI is InChI=1S/C20H21N5OS/c1-13-20(22-18-5-3-2-4-17(18)21-13)24-9-14(10-24)11-25-19(26)8-15-12-27-7-6-16(15)23-25/h2-5,8,14H,6-7,9-12H2,1H3. The molecule has 2 aliphatic rings. The van der Waals surface area contributed by atoms with Crippen molar-refractivity contribution in [2.24, 2.45) is 5.92 Å². The van der Waals surface area contributed by atoms with E-state index in [9.17, 15) is 4.79 Å². The number of hydrogen-bond donors (Lipinski definition) is 0. The first-order chi connectivity index (χ1) is 13.2. The molecule has 0 spiro atoms. The van der Waals surface area contributed by atoms with E-state index in [2.05, 4.69) is 15.0 Å². The summed E-state index contributed by atoms with van der Waals surface area (Å²) in [4.78, 5) is 24.1. The normalized spacial score (nSPS) is 17.0. The minimum atomic E-state index is 0.0244. The van der Waals surface area contributed by atoms with Crippen LogP contribution in [0.15, 0.2) is 35.1 Å². The molecule has 27 heavy (non-hydrogen) atoms. The molecule has 0 unspecified atom stereocenters. The fraction of sp³-hybridized carbons (Fsp3) is 0.400. The predicted octanol–water partition coefficient (Wildman–Crippen LogP) is 2.42. The lowest BCUT2D eigenvalue weighted by Gasteiger charge is -2.40. The highest BCUT2D eigenvalue weighted by Crippen LogP contribution is 2.28. The number of nitrogens with zero attached hydrogens (tertiary/aromatic N) is 5. The fourth-order valence-electron chi connectivity index (χ4n) is 3.86. The number of aryl methyl sites for hydroxylation is 2. The first-order valence-corrected chi connectivity index (χ1v) is 10.5. The van der Waals surface area contributed by atoms with Crippen molar-refractivity contribution < 1.29 is 0 Å². The van der Waals surface area contributed by atoms with Crippen molar-refractivity contribution in [1.29, 1.82) is 0 Å². The second-order valence-electron chi connectivity index (χ2n) is 7.33. The molecule has 5 rings (SSSR count). The van der Waals surface area contributed by atoms with Gasteiger partial charge >= 0.3 is 0 Å². The molecule has 4 heterocycles. The van der Waals surface area contributed by atoms with Crippen molar-refractivity contribution >= 4 is 28.6 Å². The molecule has 2 aromatic heterocycles. The molecule has 6 nitrogen and oxygen atoms in total. The molecule has 0 aliphatic carbocycles. The highest BCUT2D eigenvalue weighted by Gasteiger charge is 2.30. The molecule has 1 fully saturated rings. The third-order valence-electron chi connectivity index (χ3n) is 5.31. The van der Waals surface area contributed by atoms with Crippen LogP contribution in [0, 0.1) is 12.8 Å². The summed E-state index contributed by atoms with van der Waals surface area (Å²) in [5, 5.41) is 4.64. The topological polar surface area (TPSA) is 63.9 Å². The van der Waals surface area contributed by atoms with E-state index in [1.54, 1.807) is 10.7 Å². The number of thioether (sulfide) groups is 1. The summed E-state index contributed by atoms with van der Waals surface area (Å²) < 4.78 is 1.66. The molecule has 1 aromatic carbocycles. The maximum atomic E-state index is 12.4. The third kappa shape index (κ3) is 3.10. The Labute approximate surface area is 161 Å². The van der Waals surface area contributed by atoms with E-state index in [0.717, 1.165) is 64.8 Å². The van der Waals surface area contributed by atoms with Crippen molar-refractivity contribution in [3.05, 3.63) is 57.6 Å². The first kappa shape index (κ1) is 16.7. The second kappa shape index (κ2) is 6.64. The first-order valence-electron chi connectivity index (χ1n) is 9.33. The van der Waals surface area contributed by atoms with E-state index >= 15 is 0 Å². The molecular weight excluding hydrogens is 358 g/mol. The Morgan fingerprint density at radius 1 is 1.19 bits per heavy atom. The molecule has 2 aliphatic heterocycles. The smallest absolute Gasteiger partial charge is 0.267 e. The number of fused-ring (bicyclic) bond motifs is 2. The average molecular weight is 379 g/mol. The largest absolute Gasteiger partial charge is 0.354 e. The predicted molar refractivity (Wildman–Crippen MR) is 108 cm³/mol. The summed E-state index contributed by atoms with van der Waals surface area (Å²) in [6.07, 6.45) is 0.961. The van der Waals surface area contributed by atoms with Gasteiger partial charge < -0.3 is 4.90 Å². The van der Waals surface area contributed by atoms with Crippen molar-refractivity contribution in [1.82, 2.24) is 19.7 Å². The molecular formula is C20H21N5OS. The molecule has 0 atom stereocenters. The van der Waals surface area contributed by atoms with E-state index in [1.165, 1.54) is 0 Å². The Balaban J connectivity index is 1.31. The van der Waals surface area contributed by atoms with Crippen LogP contribution in [0.3, 0.4) is 0 Å². The van der Waals surface area contributed by atoms with Crippen molar-refractivity contribution in [3.8, 4) is 0 Å². The minimum absolute atomic E-state index is 0.0244. The van der Waals surface area contributed by atoms with Gasteiger partial charge in [-0.1, -0.05) is 12.1 Å². The Morgan fingerprint density at radius 2 is 1.96 bits per heavy atom. The van der Waals surface area contributed by atoms with Gasteiger partial charge in [0.2, 0.25) is 0 Å². The van der Waals surface area contributed by atoms with Crippen molar-refractivity contribution in [2.45, 2.75) is 25.6 Å². The highest BCUT2D eigenvalue weighted by atomic mass is 32.2. The number of rotatable bonds is 3. The molecule has 0 amide bonds. The number of hydrogen-bond acceptors (Lipinski definition) is 6. The third-order valence-corrected chi connectivity index (χ3v) is 6.32. The van der Waals surface area contributed by atoms with Crippen LogP contribution in [0.25, 0.3) is 11.0 Å². The Kier molecular flexibility index (Phi) is 4.11. The van der Waals surface area contributed by atoms with Crippen LogP contribution in [0.5, 0.6) is 0 Å². The van der Waals surface area contributed by atoms with Crippen LogP contribution in [0.2, 0.25) is 0 Å². The van der Waals surface area contributed by atoms with Gasteiger partial charge in [-0.3, -0.25) is 4.79 Å². The lowest BCUT2D eigenvalue weighted by atomic mass is 10.00. The number of benzene rings is 1. The zero-order valence-corrected chi connectivity index (χ0v) is 16.1. The fourth-order valence-corrected chi connectivity index (χ4v) is 4.82. The minimum Gasteiger partial charge on any atom is -0.354 e. The van der Waals surface area contributed by atoms with Gasteiger partial charge in [-0.05, 0) is 30.4 Å². The zero-order valence-electron chi connectivity index (χ0n) is 15.3. The monoisotopic (exact) mass is 379 g/mol. The van der Waals surface area contributed by atoms with Crippen LogP contribution >= 0.6 is 11.8 Å². The van der Waals surface area contributed by atoms with E-state index in [0.29, 0.717) is 12.5 Å². The van der Waals surface area contributed by atoms with Gasteiger partial charge in [0.1, 0.15) is 0 Å². The molecule has 138 valence electrons. The van der Waals surface area contributed by atoms with E-state index in [4.69, 9.17) is 4.98 Å². The quantitative estimate of drug-likeness (QED) is 0.696. The van der Waals surface area contributed by atoms with Gasteiger partial charge in [-0.15, -0.1) is 0 Å². The summed E-state index contributed by atoms with van der Waals surface area (Å²) in [6.45, 7) is 4.45. The lowest BCUT2D eigenvalue weighted by Crippen LogP contribution is -2.50. The van der Waals surface area contributed by atoms with Gasteiger partial charge in [0.25, 0.3) is 5.56 Å². The number of aromatic nitrogens is 4. The van der Waals surface area contributed by atoms with Crippen molar-refractivity contribution in [2.75, 3.05) is 23.7 Å². The molecule has 1 saturated heterocycles. The maximum absolute atomic E-state index is 12.4. The van der Waals surface area contributed by atoms with E-state index in [1.807, 2.05) is 43.0 Å². The SMILES string of the molecule is Cc1nc2ccccc2nc1N1CC(Cn2nc3c(cc2=O)CSCC3)C1. The molecule has 0 bridgehead atoms. The lowest BCUT2D eigenvalue weighted by molar-refractivity contribution is 0.330. The molecule has 3 aromatic rings. The Bertz CT molecular complexity index is 1070. The number of anilines is 1. The number of para-hydroxylation sites is 2. The molecule has 0 saturated carbocycles. The second-order valence-corrected chi connectivity index (χ2v) is 8.44. The summed E-state index contributed by atoms with van der Waals surface area (Å²) in [5.74, 6) is 3.37. The van der Waals surface area contributed by atoms with Gasteiger partial charge in [-0.2, -0.15) is 16.9 Å². The van der Waals surface area contributed by atoms with E-state index in [-0.39, 0.29) is 5.56 Å². The van der Waals surface area contributed by atoms with Crippen LogP contribution in [-0.4, -0.2) is 38.6 Å². The van der Waals surface area contributed by atoms with Crippen LogP contribution < -0.4 is 10.5 Å². The average Bonchev–Trinajstić information content (AvgIpc) is 2.64. The van der Waals surface area contributed by atoms with Gasteiger partial charge in [-0.25, -0.2) is 14.6 Å². The molecule has 0 N–H and O–H groups in total. The molecule has 7 heteroatoms. The Morgan fingerprint density at radius 3 is 2.78 bits per heavy atom. The van der Waals surface area contributed by atoms with Gasteiger partial charge in [0.05, 0.1) is 29.0 Å². The van der Waals surface area contributed by atoms with Crippen molar-refractivity contribution in [3.63, 3.8) is 0 Å². The summed E-state index contributed by atoms with van der Waals surface area (Å²) in [5.41, 5.74) is 5.04. The summed E-state index contributed by atoms with van der Waals surface area (Å²) in [6, 6.07) is 9.74. The van der Waals surface area contributed by atoms with Gasteiger partial charge in [0, 0.05) is 37.2 Å². The van der Waals surface area contributed by atoms with Crippen LogP contribution in [0.4, 0.5) is 5.82 Å².